The second kappa shape index (κ2) is 6.85. The lowest BCUT2D eigenvalue weighted by molar-refractivity contribution is 0.209. The zero-order chi connectivity index (χ0) is 14.1. The van der Waals surface area contributed by atoms with Gasteiger partial charge in [0.25, 0.3) is 0 Å². The quantitative estimate of drug-likeness (QED) is 0.773. The zero-order valence-corrected chi connectivity index (χ0v) is 13.8. The molecule has 1 fully saturated rings. The van der Waals surface area contributed by atoms with Crippen LogP contribution < -0.4 is 0 Å². The van der Waals surface area contributed by atoms with Crippen LogP contribution in [0.5, 0.6) is 0 Å². The highest BCUT2D eigenvalue weighted by Crippen LogP contribution is 2.47. The van der Waals surface area contributed by atoms with Gasteiger partial charge in [-0.2, -0.15) is 0 Å². The Morgan fingerprint density at radius 3 is 2.45 bits per heavy atom. The van der Waals surface area contributed by atoms with E-state index >= 15 is 0 Å². The van der Waals surface area contributed by atoms with Crippen LogP contribution in [0.15, 0.2) is 54.6 Å². The summed E-state index contributed by atoms with van der Waals surface area (Å²) in [6.07, 6.45) is 5.23. The van der Waals surface area contributed by atoms with E-state index in [9.17, 15) is 0 Å². The molecule has 22 heavy (non-hydrogen) atoms. The molecule has 0 amide bonds. The fraction of sp³-hybridized carbons (Fsp3) is 0.400. The number of nitrogens with zero attached hydrogens (tertiary/aromatic N) is 1. The molecule has 2 atom stereocenters. The van der Waals surface area contributed by atoms with Crippen molar-refractivity contribution in [1.29, 1.82) is 0 Å². The first-order valence-corrected chi connectivity index (χ1v) is 8.28. The Bertz CT molecular complexity index is 610. The maximum absolute atomic E-state index is 2.73. The predicted octanol–water partition coefficient (Wildman–Crippen LogP) is 4.98. The standard InChI is InChI=1S/C20H23N.ClH/c1-2-7-16(8-3-1)12-14-21-13-6-9-17-15-20(21)19-11-5-4-10-18(17)19;/h1-5,7-8,10-11,17,20H,6,9,12-15H2;1H. The van der Waals surface area contributed by atoms with Crippen LogP contribution in [0, 0.1) is 0 Å². The molecule has 1 saturated heterocycles. The van der Waals surface area contributed by atoms with Crippen molar-refractivity contribution in [2.24, 2.45) is 0 Å². The lowest BCUT2D eigenvalue weighted by atomic mass is 9.96. The van der Waals surface area contributed by atoms with Crippen molar-refractivity contribution in [2.75, 3.05) is 13.1 Å². The highest BCUT2D eigenvalue weighted by molar-refractivity contribution is 5.85. The molecule has 1 heterocycles. The minimum atomic E-state index is 0. The Hall–Kier alpha value is -1.31. The van der Waals surface area contributed by atoms with Gasteiger partial charge in [0, 0.05) is 12.6 Å². The van der Waals surface area contributed by atoms with Gasteiger partial charge < -0.3 is 0 Å². The Morgan fingerprint density at radius 2 is 1.64 bits per heavy atom. The van der Waals surface area contributed by atoms with Crippen molar-refractivity contribution in [3.8, 4) is 0 Å². The lowest BCUT2D eigenvalue weighted by Crippen LogP contribution is -2.30. The van der Waals surface area contributed by atoms with E-state index in [1.807, 2.05) is 0 Å². The van der Waals surface area contributed by atoms with Gasteiger partial charge in [0.15, 0.2) is 0 Å². The van der Waals surface area contributed by atoms with E-state index in [4.69, 9.17) is 0 Å². The molecule has 1 nitrogen and oxygen atoms in total. The van der Waals surface area contributed by atoms with Gasteiger partial charge in [-0.3, -0.25) is 4.90 Å². The Balaban J connectivity index is 0.00000144. The van der Waals surface area contributed by atoms with Crippen LogP contribution in [0.2, 0.25) is 0 Å². The molecule has 1 aliphatic heterocycles. The van der Waals surface area contributed by atoms with E-state index in [1.54, 1.807) is 11.1 Å². The first-order valence-electron chi connectivity index (χ1n) is 8.28. The molecule has 2 unspecified atom stereocenters. The molecule has 116 valence electrons. The van der Waals surface area contributed by atoms with Crippen molar-refractivity contribution >= 4 is 12.4 Å². The first-order chi connectivity index (χ1) is 10.4. The molecule has 0 N–H and O–H groups in total. The summed E-state index contributed by atoms with van der Waals surface area (Å²) >= 11 is 0. The largest absolute Gasteiger partial charge is 0.296 e. The number of fused-ring (bicyclic) bond motifs is 5. The molecular weight excluding hydrogens is 290 g/mol. The van der Waals surface area contributed by atoms with Gasteiger partial charge in [-0.1, -0.05) is 54.6 Å². The number of hydrogen-bond donors (Lipinski definition) is 0. The van der Waals surface area contributed by atoms with Crippen LogP contribution in [0.25, 0.3) is 0 Å². The third-order valence-electron chi connectivity index (χ3n) is 5.27. The number of rotatable bonds is 3. The first kappa shape index (κ1) is 15.6. The molecule has 0 spiro atoms. The molecule has 2 bridgehead atoms. The van der Waals surface area contributed by atoms with E-state index in [0.29, 0.717) is 6.04 Å². The van der Waals surface area contributed by atoms with E-state index in [-0.39, 0.29) is 12.4 Å². The van der Waals surface area contributed by atoms with Crippen molar-refractivity contribution in [3.63, 3.8) is 0 Å². The number of likely N-dealkylation sites (tertiary alicyclic amines) is 1. The Kier molecular flexibility index (Phi) is 4.85. The Labute approximate surface area is 139 Å². The summed E-state index contributed by atoms with van der Waals surface area (Å²) in [5.74, 6) is 0.813. The van der Waals surface area contributed by atoms with Gasteiger partial charge in [0.2, 0.25) is 0 Å². The second-order valence-electron chi connectivity index (χ2n) is 6.49. The van der Waals surface area contributed by atoms with Gasteiger partial charge in [0.05, 0.1) is 0 Å². The molecule has 2 aromatic carbocycles. The van der Waals surface area contributed by atoms with E-state index in [1.165, 1.54) is 44.3 Å². The number of hydrogen-bond acceptors (Lipinski definition) is 1. The smallest absolute Gasteiger partial charge is 0.0356 e. The average Bonchev–Trinajstić information content (AvgIpc) is 2.76. The maximum atomic E-state index is 2.73. The van der Waals surface area contributed by atoms with Crippen LogP contribution in [0.4, 0.5) is 0 Å². The second-order valence-corrected chi connectivity index (χ2v) is 6.49. The fourth-order valence-corrected chi connectivity index (χ4v) is 4.21. The van der Waals surface area contributed by atoms with Crippen molar-refractivity contribution in [1.82, 2.24) is 4.90 Å². The minimum Gasteiger partial charge on any atom is -0.296 e. The van der Waals surface area contributed by atoms with Crippen LogP contribution >= 0.6 is 12.4 Å². The molecule has 4 rings (SSSR count). The summed E-state index contributed by atoms with van der Waals surface area (Å²) < 4.78 is 0. The van der Waals surface area contributed by atoms with Gasteiger partial charge in [0.1, 0.15) is 0 Å². The van der Waals surface area contributed by atoms with Crippen molar-refractivity contribution in [2.45, 2.75) is 37.6 Å². The van der Waals surface area contributed by atoms with Crippen LogP contribution in [-0.2, 0) is 6.42 Å². The summed E-state index contributed by atoms with van der Waals surface area (Å²) in [6, 6.07) is 20.7. The fourth-order valence-electron chi connectivity index (χ4n) is 4.21. The number of benzene rings is 2. The molecule has 2 aliphatic rings. The van der Waals surface area contributed by atoms with Crippen LogP contribution in [0.3, 0.4) is 0 Å². The molecule has 2 heteroatoms. The summed E-state index contributed by atoms with van der Waals surface area (Å²) in [5.41, 5.74) is 4.70. The van der Waals surface area contributed by atoms with Gasteiger partial charge in [-0.05, 0) is 54.8 Å². The third kappa shape index (κ3) is 2.93. The zero-order valence-electron chi connectivity index (χ0n) is 12.9. The summed E-state index contributed by atoms with van der Waals surface area (Å²) in [4.78, 5) is 2.73. The maximum Gasteiger partial charge on any atom is 0.0356 e. The number of halogens is 1. The molecule has 1 aliphatic carbocycles. The average molecular weight is 314 g/mol. The monoisotopic (exact) mass is 313 g/mol. The normalized spacial score (nSPS) is 23.5. The molecule has 0 aromatic heterocycles. The Morgan fingerprint density at radius 1 is 0.909 bits per heavy atom. The molecule has 0 saturated carbocycles. The van der Waals surface area contributed by atoms with E-state index in [2.05, 4.69) is 59.5 Å². The topological polar surface area (TPSA) is 3.24 Å². The lowest BCUT2D eigenvalue weighted by Gasteiger charge is -2.29. The summed E-state index contributed by atoms with van der Waals surface area (Å²) in [6.45, 7) is 2.46. The summed E-state index contributed by atoms with van der Waals surface area (Å²) in [7, 11) is 0. The third-order valence-corrected chi connectivity index (χ3v) is 5.27. The molecule has 2 aromatic rings. The molecule has 0 radical (unpaired) electrons. The van der Waals surface area contributed by atoms with E-state index < -0.39 is 0 Å². The highest BCUT2D eigenvalue weighted by atomic mass is 35.5. The summed E-state index contributed by atoms with van der Waals surface area (Å²) in [5, 5.41) is 0. The van der Waals surface area contributed by atoms with E-state index in [0.717, 1.165) is 5.92 Å². The predicted molar refractivity (Wildman–Crippen MR) is 94.7 cm³/mol. The SMILES string of the molecule is Cl.c1ccc(CCN2CCCC3CC2c2ccccc23)cc1. The highest BCUT2D eigenvalue weighted by Gasteiger charge is 2.35. The van der Waals surface area contributed by atoms with Gasteiger partial charge in [-0.25, -0.2) is 0 Å². The van der Waals surface area contributed by atoms with Crippen LogP contribution in [0.1, 0.15) is 47.9 Å². The van der Waals surface area contributed by atoms with Crippen LogP contribution in [-0.4, -0.2) is 18.0 Å². The van der Waals surface area contributed by atoms with Gasteiger partial charge in [-0.15, -0.1) is 12.4 Å². The van der Waals surface area contributed by atoms with Crippen molar-refractivity contribution < 1.29 is 0 Å². The molecular formula is C20H24ClN. The van der Waals surface area contributed by atoms with Crippen molar-refractivity contribution in [3.05, 3.63) is 71.3 Å². The minimum absolute atomic E-state index is 0. The van der Waals surface area contributed by atoms with Gasteiger partial charge >= 0.3 is 0 Å².